The monoisotopic (exact) mass is 386 g/mol. The van der Waals surface area contributed by atoms with Crippen LogP contribution in [-0.2, 0) is 10.0 Å². The molecule has 1 aliphatic rings. The number of hydrogen-bond acceptors (Lipinski definition) is 3. The van der Waals surface area contributed by atoms with Gasteiger partial charge in [-0.3, -0.25) is 4.79 Å². The smallest absolute Gasteiger partial charge is 0.255 e. The number of aryl methyl sites for hydroxylation is 1. The molecular weight excluding hydrogens is 360 g/mol. The summed E-state index contributed by atoms with van der Waals surface area (Å²) in [4.78, 5) is 12.6. The van der Waals surface area contributed by atoms with E-state index in [0.29, 0.717) is 36.2 Å². The lowest BCUT2D eigenvalue weighted by atomic mass is 9.94. The Labute approximate surface area is 161 Å². The van der Waals surface area contributed by atoms with Gasteiger partial charge in [0.25, 0.3) is 5.91 Å². The summed E-state index contributed by atoms with van der Waals surface area (Å²) in [6, 6.07) is 13.7. The van der Waals surface area contributed by atoms with Gasteiger partial charge in [0.1, 0.15) is 0 Å². The number of amides is 1. The maximum Gasteiger partial charge on any atom is 0.255 e. The molecule has 2 aromatic rings. The van der Waals surface area contributed by atoms with Crippen LogP contribution < -0.4 is 5.32 Å². The summed E-state index contributed by atoms with van der Waals surface area (Å²) >= 11 is 0. The van der Waals surface area contributed by atoms with Gasteiger partial charge in [-0.05, 0) is 61.6 Å². The van der Waals surface area contributed by atoms with E-state index in [1.165, 1.54) is 0 Å². The third-order valence-electron chi connectivity index (χ3n) is 4.87. The van der Waals surface area contributed by atoms with Crippen molar-refractivity contribution in [2.45, 2.75) is 32.1 Å². The fourth-order valence-electron chi connectivity index (χ4n) is 3.65. The zero-order valence-corrected chi connectivity index (χ0v) is 16.8. The topological polar surface area (TPSA) is 66.5 Å². The molecule has 0 saturated carbocycles. The normalized spacial score (nSPS) is 21.0. The molecule has 0 bridgehead atoms. The average molecular weight is 387 g/mol. The average Bonchev–Trinajstić information content (AvgIpc) is 2.61. The zero-order valence-electron chi connectivity index (χ0n) is 16.0. The van der Waals surface area contributed by atoms with Gasteiger partial charge in [-0.25, -0.2) is 8.42 Å². The number of benzene rings is 2. The summed E-state index contributed by atoms with van der Waals surface area (Å²) in [5, 5.41) is 2.81. The second-order valence-electron chi connectivity index (χ2n) is 7.62. The van der Waals surface area contributed by atoms with Gasteiger partial charge in [0.05, 0.1) is 4.90 Å². The predicted molar refractivity (Wildman–Crippen MR) is 107 cm³/mol. The molecule has 0 radical (unpaired) electrons. The van der Waals surface area contributed by atoms with E-state index in [0.717, 1.165) is 12.0 Å². The molecule has 27 heavy (non-hydrogen) atoms. The standard InChI is InChI=1S/C21H26N2O3S/c1-15-5-4-6-18(12-15)21(24)22-19-7-9-20(10-8-19)27(25,26)23-13-16(2)11-17(3)14-23/h4-10,12,16-17H,11,13-14H2,1-3H3,(H,22,24)/t16-,17-/m0/s1. The van der Waals surface area contributed by atoms with Gasteiger partial charge in [0, 0.05) is 24.3 Å². The summed E-state index contributed by atoms with van der Waals surface area (Å²) in [7, 11) is -3.51. The van der Waals surface area contributed by atoms with Crippen LogP contribution in [-0.4, -0.2) is 31.7 Å². The molecule has 1 fully saturated rings. The van der Waals surface area contributed by atoms with Gasteiger partial charge < -0.3 is 5.32 Å². The molecule has 2 aromatic carbocycles. The third kappa shape index (κ3) is 4.57. The lowest BCUT2D eigenvalue weighted by Crippen LogP contribution is -2.42. The van der Waals surface area contributed by atoms with E-state index in [1.54, 1.807) is 34.6 Å². The Kier molecular flexibility index (Phi) is 5.67. The van der Waals surface area contributed by atoms with E-state index in [1.807, 2.05) is 25.1 Å². The first-order valence-corrected chi connectivity index (χ1v) is 10.7. The summed E-state index contributed by atoms with van der Waals surface area (Å²) < 4.78 is 27.4. The van der Waals surface area contributed by atoms with Crippen LogP contribution in [0.15, 0.2) is 53.4 Å². The SMILES string of the molecule is Cc1cccc(C(=O)Nc2ccc(S(=O)(=O)N3C[C@@H](C)C[C@H](C)C3)cc2)c1. The van der Waals surface area contributed by atoms with Gasteiger partial charge in [-0.15, -0.1) is 0 Å². The van der Waals surface area contributed by atoms with Crippen LogP contribution in [0.1, 0.15) is 36.2 Å². The van der Waals surface area contributed by atoms with Crippen LogP contribution in [0.5, 0.6) is 0 Å². The van der Waals surface area contributed by atoms with Crippen LogP contribution in [0.3, 0.4) is 0 Å². The number of piperidine rings is 1. The van der Waals surface area contributed by atoms with Crippen molar-refractivity contribution < 1.29 is 13.2 Å². The Morgan fingerprint density at radius 2 is 1.67 bits per heavy atom. The number of carbonyl (C=O) groups is 1. The molecule has 1 amide bonds. The lowest BCUT2D eigenvalue weighted by molar-refractivity contribution is 0.102. The van der Waals surface area contributed by atoms with E-state index in [4.69, 9.17) is 0 Å². The largest absolute Gasteiger partial charge is 0.322 e. The molecular formula is C21H26N2O3S. The summed E-state index contributed by atoms with van der Waals surface area (Å²) in [5.74, 6) is 0.501. The Morgan fingerprint density at radius 3 is 2.26 bits per heavy atom. The quantitative estimate of drug-likeness (QED) is 0.866. The molecule has 0 aliphatic carbocycles. The van der Waals surface area contributed by atoms with Crippen molar-refractivity contribution in [1.82, 2.24) is 4.31 Å². The van der Waals surface area contributed by atoms with Gasteiger partial charge in [0.15, 0.2) is 0 Å². The van der Waals surface area contributed by atoms with E-state index >= 15 is 0 Å². The first kappa shape index (κ1) is 19.6. The minimum absolute atomic E-state index is 0.215. The van der Waals surface area contributed by atoms with Crippen LogP contribution in [0.2, 0.25) is 0 Å². The molecule has 144 valence electrons. The van der Waals surface area contributed by atoms with E-state index in [-0.39, 0.29) is 10.8 Å². The highest BCUT2D eigenvalue weighted by molar-refractivity contribution is 7.89. The van der Waals surface area contributed by atoms with Gasteiger partial charge in [-0.2, -0.15) is 4.31 Å². The van der Waals surface area contributed by atoms with Crippen molar-refractivity contribution in [2.24, 2.45) is 11.8 Å². The number of nitrogens with zero attached hydrogens (tertiary/aromatic N) is 1. The molecule has 5 nitrogen and oxygen atoms in total. The number of nitrogens with one attached hydrogen (secondary N) is 1. The van der Waals surface area contributed by atoms with Crippen LogP contribution in [0.25, 0.3) is 0 Å². The first-order chi connectivity index (χ1) is 12.8. The van der Waals surface area contributed by atoms with E-state index in [2.05, 4.69) is 19.2 Å². The number of rotatable bonds is 4. The Bertz CT molecular complexity index is 913. The fourth-order valence-corrected chi connectivity index (χ4v) is 5.33. The summed E-state index contributed by atoms with van der Waals surface area (Å²) in [5.41, 5.74) is 2.15. The number of sulfonamides is 1. The molecule has 0 aromatic heterocycles. The Morgan fingerprint density at radius 1 is 1.04 bits per heavy atom. The van der Waals surface area contributed by atoms with E-state index in [9.17, 15) is 13.2 Å². The van der Waals surface area contributed by atoms with Crippen LogP contribution in [0, 0.1) is 18.8 Å². The van der Waals surface area contributed by atoms with Crippen molar-refractivity contribution in [3.05, 3.63) is 59.7 Å². The number of hydrogen-bond donors (Lipinski definition) is 1. The van der Waals surface area contributed by atoms with E-state index < -0.39 is 10.0 Å². The van der Waals surface area contributed by atoms with Gasteiger partial charge in [-0.1, -0.05) is 31.5 Å². The third-order valence-corrected chi connectivity index (χ3v) is 6.71. The number of carbonyl (C=O) groups excluding carboxylic acids is 1. The molecule has 1 heterocycles. The maximum atomic E-state index is 12.9. The number of anilines is 1. The van der Waals surface area contributed by atoms with Crippen molar-refractivity contribution >= 4 is 21.6 Å². The minimum atomic E-state index is -3.51. The molecule has 3 rings (SSSR count). The molecule has 2 atom stereocenters. The fraction of sp³-hybridized carbons (Fsp3) is 0.381. The van der Waals surface area contributed by atoms with Gasteiger partial charge >= 0.3 is 0 Å². The summed E-state index contributed by atoms with van der Waals surface area (Å²) in [6.45, 7) is 7.21. The Balaban J connectivity index is 1.74. The van der Waals surface area contributed by atoms with Crippen molar-refractivity contribution in [3.8, 4) is 0 Å². The Hall–Kier alpha value is -2.18. The highest BCUT2D eigenvalue weighted by Gasteiger charge is 2.31. The van der Waals surface area contributed by atoms with Gasteiger partial charge in [0.2, 0.25) is 10.0 Å². The van der Waals surface area contributed by atoms with Crippen LogP contribution in [0.4, 0.5) is 5.69 Å². The lowest BCUT2D eigenvalue weighted by Gasteiger charge is -2.34. The molecule has 0 unspecified atom stereocenters. The molecule has 6 heteroatoms. The summed E-state index contributed by atoms with van der Waals surface area (Å²) in [6.07, 6.45) is 1.05. The predicted octanol–water partition coefficient (Wildman–Crippen LogP) is 3.91. The van der Waals surface area contributed by atoms with Crippen molar-refractivity contribution in [1.29, 1.82) is 0 Å². The second kappa shape index (κ2) is 7.82. The van der Waals surface area contributed by atoms with Crippen molar-refractivity contribution in [2.75, 3.05) is 18.4 Å². The first-order valence-electron chi connectivity index (χ1n) is 9.24. The minimum Gasteiger partial charge on any atom is -0.322 e. The highest BCUT2D eigenvalue weighted by atomic mass is 32.2. The maximum absolute atomic E-state index is 12.9. The molecule has 0 spiro atoms. The zero-order chi connectivity index (χ0) is 19.6. The molecule has 1 N–H and O–H groups in total. The highest BCUT2D eigenvalue weighted by Crippen LogP contribution is 2.27. The molecule has 1 aliphatic heterocycles. The second-order valence-corrected chi connectivity index (χ2v) is 9.55. The van der Waals surface area contributed by atoms with Crippen molar-refractivity contribution in [3.63, 3.8) is 0 Å². The van der Waals surface area contributed by atoms with Crippen LogP contribution >= 0.6 is 0 Å². The molecule has 1 saturated heterocycles.